The van der Waals surface area contributed by atoms with Crippen molar-refractivity contribution in [3.8, 4) is 0 Å². The van der Waals surface area contributed by atoms with Gasteiger partial charge in [0.05, 0.1) is 0 Å². The van der Waals surface area contributed by atoms with E-state index in [0.717, 1.165) is 5.92 Å². The van der Waals surface area contributed by atoms with Crippen molar-refractivity contribution in [1.29, 1.82) is 0 Å². The smallest absolute Gasteiger partial charge is 0.0132 e. The van der Waals surface area contributed by atoms with Gasteiger partial charge in [-0.05, 0) is 79.9 Å². The third-order valence-electron chi connectivity index (χ3n) is 5.36. The molecule has 0 spiro atoms. The zero-order valence-electron chi connectivity index (χ0n) is 12.7. The summed E-state index contributed by atoms with van der Waals surface area (Å²) < 4.78 is 0. The predicted octanol–water partition coefficient (Wildman–Crippen LogP) is 4.32. The fourth-order valence-electron chi connectivity index (χ4n) is 4.18. The van der Waals surface area contributed by atoms with E-state index in [1.165, 1.54) is 38.8 Å². The number of likely N-dealkylation sites (tertiary alicyclic amines) is 1. The first-order valence-electron chi connectivity index (χ1n) is 8.15. The van der Waals surface area contributed by atoms with Crippen molar-refractivity contribution in [3.63, 3.8) is 0 Å². The van der Waals surface area contributed by atoms with Crippen LogP contribution in [0, 0.1) is 5.92 Å². The number of rotatable bonds is 1. The summed E-state index contributed by atoms with van der Waals surface area (Å²) >= 11 is 1.97. The first kappa shape index (κ1) is 13.5. The second-order valence-corrected chi connectivity index (χ2v) is 7.62. The van der Waals surface area contributed by atoms with Gasteiger partial charge >= 0.3 is 0 Å². The normalized spacial score (nSPS) is 23.4. The molecule has 4 rings (SSSR count). The summed E-state index contributed by atoms with van der Waals surface area (Å²) in [5, 5.41) is 2.31. The molecule has 1 unspecified atom stereocenters. The number of benzene rings is 1. The highest BCUT2D eigenvalue weighted by Crippen LogP contribution is 2.44. The molecule has 21 heavy (non-hydrogen) atoms. The van der Waals surface area contributed by atoms with Crippen LogP contribution in [0.3, 0.4) is 0 Å². The summed E-state index contributed by atoms with van der Waals surface area (Å²) in [7, 11) is 2.26. The van der Waals surface area contributed by atoms with Crippen molar-refractivity contribution in [2.24, 2.45) is 5.92 Å². The van der Waals surface area contributed by atoms with Crippen LogP contribution in [0.2, 0.25) is 0 Å². The highest BCUT2D eigenvalue weighted by molar-refractivity contribution is 7.10. The Kier molecular flexibility index (Phi) is 3.60. The highest BCUT2D eigenvalue weighted by Gasteiger charge is 2.32. The van der Waals surface area contributed by atoms with E-state index in [0.29, 0.717) is 5.92 Å². The zero-order valence-corrected chi connectivity index (χ0v) is 13.5. The lowest BCUT2D eigenvalue weighted by molar-refractivity contribution is 0.207. The van der Waals surface area contributed by atoms with E-state index in [2.05, 4.69) is 47.7 Å². The predicted molar refractivity (Wildman–Crippen MR) is 90.2 cm³/mol. The van der Waals surface area contributed by atoms with Gasteiger partial charge in [-0.3, -0.25) is 0 Å². The molecule has 1 aliphatic heterocycles. The topological polar surface area (TPSA) is 3.24 Å². The van der Waals surface area contributed by atoms with Gasteiger partial charge in [-0.2, -0.15) is 0 Å². The van der Waals surface area contributed by atoms with Gasteiger partial charge in [0.2, 0.25) is 0 Å². The highest BCUT2D eigenvalue weighted by atomic mass is 32.1. The minimum Gasteiger partial charge on any atom is -0.306 e. The third kappa shape index (κ3) is 2.45. The molecular weight excluding hydrogens is 274 g/mol. The maximum Gasteiger partial charge on any atom is 0.0132 e. The second-order valence-electron chi connectivity index (χ2n) is 6.62. The Labute approximate surface area is 131 Å². The van der Waals surface area contributed by atoms with Crippen LogP contribution in [0.1, 0.15) is 40.3 Å². The fraction of sp³-hybridized carbons (Fsp3) is 0.474. The number of aryl methyl sites for hydroxylation is 2. The molecule has 1 nitrogen and oxygen atoms in total. The summed E-state index contributed by atoms with van der Waals surface area (Å²) in [6.45, 7) is 2.51. The molecule has 1 aromatic heterocycles. The molecule has 0 bridgehead atoms. The average molecular weight is 297 g/mol. The van der Waals surface area contributed by atoms with E-state index in [4.69, 9.17) is 0 Å². The molecule has 1 aromatic carbocycles. The van der Waals surface area contributed by atoms with Gasteiger partial charge in [-0.15, -0.1) is 11.3 Å². The monoisotopic (exact) mass is 297 g/mol. The van der Waals surface area contributed by atoms with Crippen LogP contribution in [-0.2, 0) is 12.8 Å². The van der Waals surface area contributed by atoms with Crippen LogP contribution in [0.5, 0.6) is 0 Å². The van der Waals surface area contributed by atoms with E-state index < -0.39 is 0 Å². The number of nitrogens with zero attached hydrogens (tertiary/aromatic N) is 1. The minimum absolute atomic E-state index is 0.638. The van der Waals surface area contributed by atoms with Crippen molar-refractivity contribution >= 4 is 11.3 Å². The first-order valence-corrected chi connectivity index (χ1v) is 9.03. The molecule has 1 atom stereocenters. The van der Waals surface area contributed by atoms with Gasteiger partial charge in [0.1, 0.15) is 0 Å². The van der Waals surface area contributed by atoms with E-state index in [1.807, 2.05) is 11.3 Å². The molecular formula is C19H23NS. The Balaban J connectivity index is 1.78. The van der Waals surface area contributed by atoms with Crippen molar-refractivity contribution < 1.29 is 0 Å². The molecule has 0 saturated carbocycles. The minimum atomic E-state index is 0.638. The maximum atomic E-state index is 2.48. The number of hydrogen-bond donors (Lipinski definition) is 0. The largest absolute Gasteiger partial charge is 0.306 e. The first-order chi connectivity index (χ1) is 10.3. The lowest BCUT2D eigenvalue weighted by Gasteiger charge is -2.35. The SMILES string of the molecule is CN1CCC(C2c3ccccc3CCc3sccc32)CC1. The van der Waals surface area contributed by atoms with Gasteiger partial charge < -0.3 is 4.90 Å². The fourth-order valence-corrected chi connectivity index (χ4v) is 5.11. The Hall–Kier alpha value is -1.12. The van der Waals surface area contributed by atoms with Crippen LogP contribution in [0.4, 0.5) is 0 Å². The number of fused-ring (bicyclic) bond motifs is 2. The molecule has 0 amide bonds. The van der Waals surface area contributed by atoms with Crippen LogP contribution in [-0.4, -0.2) is 25.0 Å². The molecule has 1 fully saturated rings. The Morgan fingerprint density at radius 2 is 1.81 bits per heavy atom. The molecule has 0 N–H and O–H groups in total. The molecule has 2 aromatic rings. The van der Waals surface area contributed by atoms with Crippen LogP contribution < -0.4 is 0 Å². The van der Waals surface area contributed by atoms with Gasteiger partial charge in [-0.1, -0.05) is 24.3 Å². The molecule has 2 aliphatic rings. The average Bonchev–Trinajstić information content (AvgIpc) is 2.91. The maximum absolute atomic E-state index is 2.48. The molecule has 0 radical (unpaired) electrons. The van der Waals surface area contributed by atoms with Crippen molar-refractivity contribution in [1.82, 2.24) is 4.90 Å². The summed E-state index contributed by atoms with van der Waals surface area (Å²) in [6.07, 6.45) is 5.12. The van der Waals surface area contributed by atoms with Gasteiger partial charge in [-0.25, -0.2) is 0 Å². The van der Waals surface area contributed by atoms with Crippen LogP contribution >= 0.6 is 11.3 Å². The van der Waals surface area contributed by atoms with E-state index in [1.54, 1.807) is 21.6 Å². The quantitative estimate of drug-likeness (QED) is 0.757. The third-order valence-corrected chi connectivity index (χ3v) is 6.36. The van der Waals surface area contributed by atoms with Crippen LogP contribution in [0.25, 0.3) is 0 Å². The molecule has 110 valence electrons. The zero-order chi connectivity index (χ0) is 14.2. The summed E-state index contributed by atoms with van der Waals surface area (Å²) in [5.74, 6) is 1.45. The lowest BCUT2D eigenvalue weighted by Crippen LogP contribution is -2.33. The van der Waals surface area contributed by atoms with Gasteiger partial charge in [0, 0.05) is 10.8 Å². The Morgan fingerprint density at radius 1 is 1.00 bits per heavy atom. The van der Waals surface area contributed by atoms with Gasteiger partial charge in [0.15, 0.2) is 0 Å². The lowest BCUT2D eigenvalue weighted by atomic mass is 9.76. The Bertz CT molecular complexity index is 622. The molecule has 1 saturated heterocycles. The summed E-state index contributed by atoms with van der Waals surface area (Å²) in [4.78, 5) is 4.11. The second kappa shape index (κ2) is 5.58. The van der Waals surface area contributed by atoms with E-state index in [-0.39, 0.29) is 0 Å². The van der Waals surface area contributed by atoms with E-state index >= 15 is 0 Å². The van der Waals surface area contributed by atoms with Crippen molar-refractivity contribution in [2.75, 3.05) is 20.1 Å². The Morgan fingerprint density at radius 3 is 2.67 bits per heavy atom. The number of thiophene rings is 1. The molecule has 2 heterocycles. The molecule has 2 heteroatoms. The van der Waals surface area contributed by atoms with Gasteiger partial charge in [0.25, 0.3) is 0 Å². The van der Waals surface area contributed by atoms with Crippen molar-refractivity contribution in [2.45, 2.75) is 31.6 Å². The number of piperidine rings is 1. The molecule has 1 aliphatic carbocycles. The standard InChI is InChI=1S/C19H23NS/c1-20-11-8-15(9-12-20)19-16-5-3-2-4-14(16)6-7-18-17(19)10-13-21-18/h2-5,10,13,15,19H,6-9,11-12H2,1H3. The van der Waals surface area contributed by atoms with E-state index in [9.17, 15) is 0 Å². The van der Waals surface area contributed by atoms with Crippen LogP contribution in [0.15, 0.2) is 35.7 Å². The van der Waals surface area contributed by atoms with Crippen molar-refractivity contribution in [3.05, 3.63) is 57.3 Å². The summed E-state index contributed by atoms with van der Waals surface area (Å²) in [6, 6.07) is 11.6. The summed E-state index contributed by atoms with van der Waals surface area (Å²) in [5.41, 5.74) is 4.84. The number of hydrogen-bond acceptors (Lipinski definition) is 2.